The van der Waals surface area contributed by atoms with Gasteiger partial charge in [-0.2, -0.15) is 0 Å². The zero-order valence-electron chi connectivity index (χ0n) is 15.7. The van der Waals surface area contributed by atoms with Gasteiger partial charge in [0.1, 0.15) is 5.82 Å². The molecule has 0 aliphatic heterocycles. The molecule has 0 aromatic heterocycles. The van der Waals surface area contributed by atoms with E-state index in [1.807, 2.05) is 48.5 Å². The SMILES string of the molecule is Cc1ccc(NC(=S)NCc2cccc(COCc3ccccc3)c2)cc1F. The van der Waals surface area contributed by atoms with Gasteiger partial charge in [-0.1, -0.05) is 60.7 Å². The standard InChI is InChI=1S/C23H23FN2OS/c1-17-10-11-21(13-22(17)24)26-23(28)25-14-19-8-5-9-20(12-19)16-27-15-18-6-3-2-4-7-18/h2-13H,14-16H2,1H3,(H2,25,26,28). The van der Waals surface area contributed by atoms with Crippen LogP contribution in [0, 0.1) is 12.7 Å². The number of aryl methyl sites for hydroxylation is 1. The van der Waals surface area contributed by atoms with E-state index in [4.69, 9.17) is 17.0 Å². The first kappa shape index (κ1) is 20.0. The summed E-state index contributed by atoms with van der Waals surface area (Å²) in [6.45, 7) is 3.44. The van der Waals surface area contributed by atoms with Gasteiger partial charge in [0, 0.05) is 12.2 Å². The average Bonchev–Trinajstić information content (AvgIpc) is 2.70. The first-order chi connectivity index (χ1) is 13.6. The minimum atomic E-state index is -0.254. The highest BCUT2D eigenvalue weighted by Crippen LogP contribution is 2.14. The topological polar surface area (TPSA) is 33.3 Å². The molecule has 0 aliphatic rings. The Morgan fingerprint density at radius 1 is 0.893 bits per heavy atom. The van der Waals surface area contributed by atoms with Crippen LogP contribution >= 0.6 is 12.2 Å². The van der Waals surface area contributed by atoms with Crippen LogP contribution in [0.15, 0.2) is 72.8 Å². The molecule has 0 bridgehead atoms. The van der Waals surface area contributed by atoms with E-state index in [1.165, 1.54) is 6.07 Å². The zero-order chi connectivity index (χ0) is 19.8. The monoisotopic (exact) mass is 394 g/mol. The molecule has 0 fully saturated rings. The van der Waals surface area contributed by atoms with Crippen LogP contribution in [0.25, 0.3) is 0 Å². The zero-order valence-corrected chi connectivity index (χ0v) is 16.6. The summed E-state index contributed by atoms with van der Waals surface area (Å²) in [5.41, 5.74) is 4.60. The van der Waals surface area contributed by atoms with Crippen molar-refractivity contribution in [3.8, 4) is 0 Å². The number of anilines is 1. The molecule has 0 amide bonds. The normalized spacial score (nSPS) is 10.5. The molecule has 3 aromatic rings. The summed E-state index contributed by atoms with van der Waals surface area (Å²) in [5, 5.41) is 6.60. The molecule has 0 atom stereocenters. The molecule has 0 spiro atoms. The third-order valence-corrected chi connectivity index (χ3v) is 4.50. The fourth-order valence-electron chi connectivity index (χ4n) is 2.72. The first-order valence-electron chi connectivity index (χ1n) is 9.10. The minimum absolute atomic E-state index is 0.254. The highest BCUT2D eigenvalue weighted by molar-refractivity contribution is 7.80. The van der Waals surface area contributed by atoms with Crippen LogP contribution in [-0.2, 0) is 24.5 Å². The molecule has 3 aromatic carbocycles. The number of halogens is 1. The number of benzene rings is 3. The summed E-state index contributed by atoms with van der Waals surface area (Å²) in [4.78, 5) is 0. The van der Waals surface area contributed by atoms with Crippen molar-refractivity contribution >= 4 is 23.0 Å². The molecule has 5 heteroatoms. The van der Waals surface area contributed by atoms with Crippen molar-refractivity contribution in [3.63, 3.8) is 0 Å². The van der Waals surface area contributed by atoms with Gasteiger partial charge in [-0.15, -0.1) is 0 Å². The van der Waals surface area contributed by atoms with Gasteiger partial charge in [0.05, 0.1) is 13.2 Å². The Balaban J connectivity index is 1.47. The Kier molecular flexibility index (Phi) is 7.12. The Labute approximate surface area is 170 Å². The first-order valence-corrected chi connectivity index (χ1v) is 9.51. The van der Waals surface area contributed by atoms with Crippen LogP contribution in [0.2, 0.25) is 0 Å². The highest BCUT2D eigenvalue weighted by Gasteiger charge is 2.03. The Bertz CT molecular complexity index is 931. The average molecular weight is 395 g/mol. The van der Waals surface area contributed by atoms with Crippen molar-refractivity contribution < 1.29 is 9.13 Å². The van der Waals surface area contributed by atoms with Gasteiger partial charge in [0.25, 0.3) is 0 Å². The number of thiocarbonyl (C=S) groups is 1. The van der Waals surface area contributed by atoms with Crippen molar-refractivity contribution in [3.05, 3.63) is 101 Å². The summed E-state index contributed by atoms with van der Waals surface area (Å²) in [5.74, 6) is -0.254. The fraction of sp³-hybridized carbons (Fsp3) is 0.174. The maximum Gasteiger partial charge on any atom is 0.171 e. The van der Waals surface area contributed by atoms with Crippen LogP contribution in [0.4, 0.5) is 10.1 Å². The molecular formula is C23H23FN2OS. The molecule has 0 aliphatic carbocycles. The van der Waals surface area contributed by atoms with Gasteiger partial charge < -0.3 is 15.4 Å². The predicted molar refractivity (Wildman–Crippen MR) is 116 cm³/mol. The van der Waals surface area contributed by atoms with Crippen molar-refractivity contribution in [1.29, 1.82) is 0 Å². The Morgan fingerprint density at radius 3 is 2.39 bits per heavy atom. The molecule has 28 heavy (non-hydrogen) atoms. The number of hydrogen-bond donors (Lipinski definition) is 2. The van der Waals surface area contributed by atoms with Gasteiger partial charge in [-0.25, -0.2) is 4.39 Å². The number of ether oxygens (including phenoxy) is 1. The van der Waals surface area contributed by atoms with E-state index in [-0.39, 0.29) is 5.82 Å². The molecule has 0 saturated carbocycles. The lowest BCUT2D eigenvalue weighted by Crippen LogP contribution is -2.27. The van der Waals surface area contributed by atoms with Crippen LogP contribution in [0.5, 0.6) is 0 Å². The lowest BCUT2D eigenvalue weighted by Gasteiger charge is -2.12. The highest BCUT2D eigenvalue weighted by atomic mass is 32.1. The Morgan fingerprint density at radius 2 is 1.61 bits per heavy atom. The van der Waals surface area contributed by atoms with Crippen molar-refractivity contribution in [2.45, 2.75) is 26.7 Å². The van der Waals surface area contributed by atoms with E-state index >= 15 is 0 Å². The van der Waals surface area contributed by atoms with Gasteiger partial charge in [-0.05, 0) is 53.5 Å². The quantitative estimate of drug-likeness (QED) is 0.530. The third kappa shape index (κ3) is 6.15. The van der Waals surface area contributed by atoms with Crippen molar-refractivity contribution in [1.82, 2.24) is 5.32 Å². The van der Waals surface area contributed by atoms with Crippen molar-refractivity contribution in [2.75, 3.05) is 5.32 Å². The summed E-state index contributed by atoms with van der Waals surface area (Å²) in [7, 11) is 0. The van der Waals surface area contributed by atoms with Crippen LogP contribution in [0.1, 0.15) is 22.3 Å². The molecule has 3 nitrogen and oxygen atoms in total. The summed E-state index contributed by atoms with van der Waals surface area (Å²) in [6, 6.07) is 23.2. The van der Waals surface area contributed by atoms with Gasteiger partial charge >= 0.3 is 0 Å². The second kappa shape index (κ2) is 9.97. The van der Waals surface area contributed by atoms with Crippen LogP contribution < -0.4 is 10.6 Å². The predicted octanol–water partition coefficient (Wildman–Crippen LogP) is 5.34. The smallest absolute Gasteiger partial charge is 0.171 e. The largest absolute Gasteiger partial charge is 0.372 e. The molecular weight excluding hydrogens is 371 g/mol. The van der Waals surface area contributed by atoms with Gasteiger partial charge in [-0.3, -0.25) is 0 Å². The number of hydrogen-bond acceptors (Lipinski definition) is 2. The van der Waals surface area contributed by atoms with Crippen molar-refractivity contribution in [2.24, 2.45) is 0 Å². The van der Waals surface area contributed by atoms with E-state index in [0.29, 0.717) is 36.1 Å². The molecule has 0 saturated heterocycles. The molecule has 2 N–H and O–H groups in total. The Hall–Kier alpha value is -2.76. The summed E-state index contributed by atoms with van der Waals surface area (Å²) < 4.78 is 19.4. The van der Waals surface area contributed by atoms with E-state index < -0.39 is 0 Å². The minimum Gasteiger partial charge on any atom is -0.372 e. The van der Waals surface area contributed by atoms with E-state index in [0.717, 1.165) is 16.7 Å². The van der Waals surface area contributed by atoms with E-state index in [2.05, 4.69) is 16.7 Å². The molecule has 0 heterocycles. The lowest BCUT2D eigenvalue weighted by molar-refractivity contribution is 0.107. The maximum absolute atomic E-state index is 13.6. The van der Waals surface area contributed by atoms with Gasteiger partial charge in [0.2, 0.25) is 0 Å². The number of rotatable bonds is 7. The summed E-state index contributed by atoms with van der Waals surface area (Å²) in [6.07, 6.45) is 0. The molecule has 3 rings (SSSR count). The van der Waals surface area contributed by atoms with Gasteiger partial charge in [0.15, 0.2) is 5.11 Å². The second-order valence-corrected chi connectivity index (χ2v) is 6.98. The number of nitrogens with one attached hydrogen (secondary N) is 2. The second-order valence-electron chi connectivity index (χ2n) is 6.57. The lowest BCUT2D eigenvalue weighted by atomic mass is 10.1. The maximum atomic E-state index is 13.6. The molecule has 0 unspecified atom stereocenters. The molecule has 144 valence electrons. The summed E-state index contributed by atoms with van der Waals surface area (Å²) >= 11 is 5.30. The van der Waals surface area contributed by atoms with E-state index in [9.17, 15) is 4.39 Å². The van der Waals surface area contributed by atoms with Crippen LogP contribution in [-0.4, -0.2) is 5.11 Å². The third-order valence-electron chi connectivity index (χ3n) is 4.25. The van der Waals surface area contributed by atoms with E-state index in [1.54, 1.807) is 19.1 Å². The fourth-order valence-corrected chi connectivity index (χ4v) is 2.91. The van der Waals surface area contributed by atoms with Crippen LogP contribution in [0.3, 0.4) is 0 Å². The molecule has 0 radical (unpaired) electrons.